The Labute approximate surface area is 92.8 Å². The Morgan fingerprint density at radius 2 is 2.00 bits per heavy atom. The van der Waals surface area contributed by atoms with E-state index in [2.05, 4.69) is 0 Å². The molecule has 0 unspecified atom stereocenters. The van der Waals surface area contributed by atoms with E-state index in [-0.39, 0.29) is 32.2 Å². The Morgan fingerprint density at radius 1 is 1.33 bits per heavy atom. The summed E-state index contributed by atoms with van der Waals surface area (Å²) in [4.78, 5) is 14.2. The number of carbonyl (C=O) groups excluding carboxylic acids is 1. The molecule has 0 saturated carbocycles. The SMILES string of the molecule is O=C(Cc1cccs1)N(CCO)CCO. The van der Waals surface area contributed by atoms with E-state index in [1.807, 2.05) is 17.5 Å². The molecule has 1 heterocycles. The molecule has 0 aliphatic rings. The molecule has 4 nitrogen and oxygen atoms in total. The van der Waals surface area contributed by atoms with Gasteiger partial charge < -0.3 is 15.1 Å². The van der Waals surface area contributed by atoms with E-state index in [4.69, 9.17) is 10.2 Å². The monoisotopic (exact) mass is 229 g/mol. The number of hydrogen-bond acceptors (Lipinski definition) is 4. The van der Waals surface area contributed by atoms with E-state index in [1.165, 1.54) is 16.2 Å². The van der Waals surface area contributed by atoms with Crippen LogP contribution in [0.15, 0.2) is 17.5 Å². The van der Waals surface area contributed by atoms with Crippen molar-refractivity contribution >= 4 is 17.2 Å². The maximum atomic E-state index is 11.7. The zero-order valence-corrected chi connectivity index (χ0v) is 9.24. The first-order chi connectivity index (χ1) is 7.27. The summed E-state index contributed by atoms with van der Waals surface area (Å²) in [5.74, 6) is -0.0550. The van der Waals surface area contributed by atoms with Crippen molar-refractivity contribution in [1.82, 2.24) is 4.90 Å². The molecule has 0 aromatic carbocycles. The highest BCUT2D eigenvalue weighted by Crippen LogP contribution is 2.10. The minimum atomic E-state index is -0.0732. The topological polar surface area (TPSA) is 60.8 Å². The molecule has 0 fully saturated rings. The molecular weight excluding hydrogens is 214 g/mol. The van der Waals surface area contributed by atoms with E-state index in [1.54, 1.807) is 0 Å². The number of hydrogen-bond donors (Lipinski definition) is 2. The van der Waals surface area contributed by atoms with Gasteiger partial charge in [-0.25, -0.2) is 0 Å². The number of carbonyl (C=O) groups is 1. The fourth-order valence-corrected chi connectivity index (χ4v) is 1.97. The van der Waals surface area contributed by atoms with Crippen molar-refractivity contribution in [3.63, 3.8) is 0 Å². The molecule has 15 heavy (non-hydrogen) atoms. The summed E-state index contributed by atoms with van der Waals surface area (Å²) >= 11 is 1.53. The van der Waals surface area contributed by atoms with E-state index >= 15 is 0 Å². The van der Waals surface area contributed by atoms with E-state index < -0.39 is 0 Å². The van der Waals surface area contributed by atoms with Crippen LogP contribution in [0.3, 0.4) is 0 Å². The molecule has 2 N–H and O–H groups in total. The maximum absolute atomic E-state index is 11.7. The Balaban J connectivity index is 2.48. The van der Waals surface area contributed by atoms with Crippen LogP contribution in [0.5, 0.6) is 0 Å². The fourth-order valence-electron chi connectivity index (χ4n) is 1.28. The second-order valence-corrected chi connectivity index (χ2v) is 4.12. The van der Waals surface area contributed by atoms with Gasteiger partial charge in [0.1, 0.15) is 0 Å². The lowest BCUT2D eigenvalue weighted by Crippen LogP contribution is -2.36. The third kappa shape index (κ3) is 3.99. The molecule has 0 atom stereocenters. The van der Waals surface area contributed by atoms with Crippen LogP contribution >= 0.6 is 11.3 Å². The minimum absolute atomic E-state index is 0.0550. The Morgan fingerprint density at radius 3 is 2.47 bits per heavy atom. The highest BCUT2D eigenvalue weighted by atomic mass is 32.1. The zero-order valence-electron chi connectivity index (χ0n) is 8.43. The van der Waals surface area contributed by atoms with Crippen LogP contribution in [0, 0.1) is 0 Å². The summed E-state index contributed by atoms with van der Waals surface area (Å²) in [6.07, 6.45) is 0.345. The first-order valence-electron chi connectivity index (χ1n) is 4.79. The van der Waals surface area contributed by atoms with E-state index in [9.17, 15) is 4.79 Å². The Kier molecular flexibility index (Phi) is 5.31. The minimum Gasteiger partial charge on any atom is -0.395 e. The molecule has 84 valence electrons. The molecule has 1 rings (SSSR count). The van der Waals surface area contributed by atoms with Crippen LogP contribution in [0.1, 0.15) is 4.88 Å². The summed E-state index contributed by atoms with van der Waals surface area (Å²) in [6.45, 7) is 0.419. The Bertz CT molecular complexity index is 281. The van der Waals surface area contributed by atoms with Crippen molar-refractivity contribution in [2.45, 2.75) is 6.42 Å². The summed E-state index contributed by atoms with van der Waals surface area (Å²) in [5.41, 5.74) is 0. The van der Waals surface area contributed by atoms with Crippen molar-refractivity contribution in [1.29, 1.82) is 0 Å². The Hall–Kier alpha value is -0.910. The van der Waals surface area contributed by atoms with Gasteiger partial charge in [-0.2, -0.15) is 0 Å². The standard InChI is InChI=1S/C10H15NO3S/c12-5-3-11(4-6-13)10(14)8-9-2-1-7-15-9/h1-2,7,12-13H,3-6,8H2. The van der Waals surface area contributed by atoms with Gasteiger partial charge in [-0.05, 0) is 11.4 Å². The lowest BCUT2D eigenvalue weighted by atomic mass is 10.3. The molecular formula is C10H15NO3S. The van der Waals surface area contributed by atoms with Gasteiger partial charge in [0.15, 0.2) is 0 Å². The van der Waals surface area contributed by atoms with Gasteiger partial charge in [-0.1, -0.05) is 6.07 Å². The van der Waals surface area contributed by atoms with E-state index in [0.717, 1.165) is 4.88 Å². The fraction of sp³-hybridized carbons (Fsp3) is 0.500. The first kappa shape index (κ1) is 12.2. The van der Waals surface area contributed by atoms with Crippen LogP contribution in [0.2, 0.25) is 0 Å². The lowest BCUT2D eigenvalue weighted by molar-refractivity contribution is -0.131. The van der Waals surface area contributed by atoms with Gasteiger partial charge in [0.25, 0.3) is 0 Å². The average molecular weight is 229 g/mol. The average Bonchev–Trinajstić information content (AvgIpc) is 2.70. The second-order valence-electron chi connectivity index (χ2n) is 3.08. The van der Waals surface area contributed by atoms with Gasteiger partial charge in [-0.15, -0.1) is 11.3 Å². The van der Waals surface area contributed by atoms with Crippen molar-refractivity contribution in [3.05, 3.63) is 22.4 Å². The van der Waals surface area contributed by atoms with Gasteiger partial charge in [-0.3, -0.25) is 4.79 Å². The second kappa shape index (κ2) is 6.55. The third-order valence-electron chi connectivity index (χ3n) is 2.00. The van der Waals surface area contributed by atoms with Gasteiger partial charge >= 0.3 is 0 Å². The number of nitrogens with zero attached hydrogens (tertiary/aromatic N) is 1. The quantitative estimate of drug-likeness (QED) is 0.727. The normalized spacial score (nSPS) is 10.3. The van der Waals surface area contributed by atoms with Gasteiger partial charge in [0.2, 0.25) is 5.91 Å². The molecule has 0 spiro atoms. The summed E-state index contributed by atoms with van der Waals surface area (Å²) < 4.78 is 0. The molecule has 0 saturated heterocycles. The summed E-state index contributed by atoms with van der Waals surface area (Å²) in [7, 11) is 0. The van der Waals surface area contributed by atoms with Crippen molar-refractivity contribution in [3.8, 4) is 0 Å². The first-order valence-corrected chi connectivity index (χ1v) is 5.67. The summed E-state index contributed by atoms with van der Waals surface area (Å²) in [6, 6.07) is 3.80. The molecule has 0 bridgehead atoms. The van der Waals surface area contributed by atoms with E-state index in [0.29, 0.717) is 6.42 Å². The molecule has 1 aromatic rings. The maximum Gasteiger partial charge on any atom is 0.227 e. The predicted molar refractivity (Wildman–Crippen MR) is 58.8 cm³/mol. The van der Waals surface area contributed by atoms with Crippen LogP contribution in [0.25, 0.3) is 0 Å². The molecule has 0 aliphatic heterocycles. The van der Waals surface area contributed by atoms with Crippen LogP contribution < -0.4 is 0 Å². The largest absolute Gasteiger partial charge is 0.395 e. The molecule has 0 radical (unpaired) electrons. The molecule has 5 heteroatoms. The number of aliphatic hydroxyl groups excluding tert-OH is 2. The number of amides is 1. The molecule has 1 amide bonds. The highest BCUT2D eigenvalue weighted by molar-refractivity contribution is 7.10. The molecule has 1 aromatic heterocycles. The highest BCUT2D eigenvalue weighted by Gasteiger charge is 2.13. The number of rotatable bonds is 6. The van der Waals surface area contributed by atoms with Crippen LogP contribution in [0.4, 0.5) is 0 Å². The number of thiophene rings is 1. The van der Waals surface area contributed by atoms with Crippen LogP contribution in [-0.2, 0) is 11.2 Å². The smallest absolute Gasteiger partial charge is 0.227 e. The van der Waals surface area contributed by atoms with Crippen molar-refractivity contribution < 1.29 is 15.0 Å². The number of aliphatic hydroxyl groups is 2. The van der Waals surface area contributed by atoms with Gasteiger partial charge in [0, 0.05) is 18.0 Å². The van der Waals surface area contributed by atoms with Crippen LogP contribution in [-0.4, -0.2) is 47.3 Å². The lowest BCUT2D eigenvalue weighted by Gasteiger charge is -2.20. The van der Waals surface area contributed by atoms with Crippen molar-refractivity contribution in [2.75, 3.05) is 26.3 Å². The third-order valence-corrected chi connectivity index (χ3v) is 2.87. The summed E-state index contributed by atoms with van der Waals surface area (Å²) in [5, 5.41) is 19.5. The zero-order chi connectivity index (χ0) is 11.1. The predicted octanol–water partition coefficient (Wildman–Crippen LogP) is 0.104. The molecule has 0 aliphatic carbocycles. The van der Waals surface area contributed by atoms with Gasteiger partial charge in [0.05, 0.1) is 19.6 Å². The van der Waals surface area contributed by atoms with Crippen molar-refractivity contribution in [2.24, 2.45) is 0 Å².